The number of amides is 2. The molecule has 2 N–H and O–H groups in total. The number of halogens is 3. The minimum absolute atomic E-state index is 0.217. The Bertz CT molecular complexity index is 650. The highest BCUT2D eigenvalue weighted by Crippen LogP contribution is 2.19. The normalized spacial score (nSPS) is 10.9. The maximum Gasteiger partial charge on any atom is 0.422 e. The van der Waals surface area contributed by atoms with E-state index in [2.05, 4.69) is 25.3 Å². The van der Waals surface area contributed by atoms with Crippen LogP contribution in [-0.2, 0) is 6.54 Å². The molecule has 0 aliphatic rings. The van der Waals surface area contributed by atoms with Crippen molar-refractivity contribution in [2.75, 3.05) is 11.9 Å². The first-order valence-electron chi connectivity index (χ1n) is 6.53. The van der Waals surface area contributed by atoms with Crippen molar-refractivity contribution in [3.8, 4) is 5.88 Å². The number of urea groups is 1. The van der Waals surface area contributed by atoms with Crippen molar-refractivity contribution < 1.29 is 22.7 Å². The number of carbonyl (C=O) groups excluding carboxylic acids is 1. The van der Waals surface area contributed by atoms with Gasteiger partial charge in [-0.25, -0.2) is 9.78 Å². The number of ether oxygens (including phenoxy) is 1. The van der Waals surface area contributed by atoms with Gasteiger partial charge in [0, 0.05) is 24.1 Å². The Kier molecular flexibility index (Phi) is 5.34. The molecule has 2 aromatic rings. The van der Waals surface area contributed by atoms with Gasteiger partial charge in [0.2, 0.25) is 5.88 Å². The molecule has 9 heteroatoms. The Morgan fingerprint density at radius 2 is 2.00 bits per heavy atom. The van der Waals surface area contributed by atoms with E-state index < -0.39 is 18.8 Å². The van der Waals surface area contributed by atoms with Crippen molar-refractivity contribution in [3.63, 3.8) is 0 Å². The molecule has 122 valence electrons. The standard InChI is InChI=1S/C14H13F3N4O2/c15-14(16,17)9-23-12-7-10(4-6-19-12)21-13(22)20-8-11-3-1-2-5-18-11/h1-7H,8-9H2,(H2,19,20,21,22). The zero-order chi connectivity index (χ0) is 16.7. The van der Waals surface area contributed by atoms with E-state index in [9.17, 15) is 18.0 Å². The number of carbonyl (C=O) groups is 1. The number of anilines is 1. The van der Waals surface area contributed by atoms with Crippen LogP contribution in [0, 0.1) is 0 Å². The lowest BCUT2D eigenvalue weighted by molar-refractivity contribution is -0.154. The van der Waals surface area contributed by atoms with Gasteiger partial charge in [-0.3, -0.25) is 4.98 Å². The lowest BCUT2D eigenvalue weighted by Crippen LogP contribution is -2.28. The molecule has 2 aromatic heterocycles. The summed E-state index contributed by atoms with van der Waals surface area (Å²) in [5.74, 6) is -0.232. The third-order valence-corrected chi connectivity index (χ3v) is 2.53. The van der Waals surface area contributed by atoms with E-state index >= 15 is 0 Å². The number of pyridine rings is 2. The van der Waals surface area contributed by atoms with E-state index in [1.165, 1.54) is 18.3 Å². The first-order valence-corrected chi connectivity index (χ1v) is 6.53. The van der Waals surface area contributed by atoms with Crippen LogP contribution in [0.25, 0.3) is 0 Å². The van der Waals surface area contributed by atoms with Gasteiger partial charge in [-0.1, -0.05) is 6.07 Å². The molecule has 6 nitrogen and oxygen atoms in total. The van der Waals surface area contributed by atoms with Gasteiger partial charge in [0.05, 0.1) is 12.2 Å². The average Bonchev–Trinajstić information content (AvgIpc) is 2.52. The molecule has 2 amide bonds. The summed E-state index contributed by atoms with van der Waals surface area (Å²) in [6, 6.07) is 7.39. The highest BCUT2D eigenvalue weighted by atomic mass is 19.4. The maximum absolute atomic E-state index is 12.1. The van der Waals surface area contributed by atoms with Crippen molar-refractivity contribution in [2.24, 2.45) is 0 Å². The second-order valence-corrected chi connectivity index (χ2v) is 4.42. The second kappa shape index (κ2) is 7.43. The molecule has 0 aromatic carbocycles. The topological polar surface area (TPSA) is 76.1 Å². The molecule has 0 spiro atoms. The van der Waals surface area contributed by atoms with E-state index in [-0.39, 0.29) is 18.1 Å². The van der Waals surface area contributed by atoms with E-state index in [0.29, 0.717) is 5.69 Å². The predicted octanol–water partition coefficient (Wildman–Crippen LogP) is 2.74. The van der Waals surface area contributed by atoms with E-state index in [4.69, 9.17) is 0 Å². The SMILES string of the molecule is O=C(NCc1ccccn1)Nc1ccnc(OCC(F)(F)F)c1. The summed E-state index contributed by atoms with van der Waals surface area (Å²) in [4.78, 5) is 19.4. The molecular formula is C14H13F3N4O2. The molecule has 0 unspecified atom stereocenters. The van der Waals surface area contributed by atoms with E-state index in [1.807, 2.05) is 0 Å². The molecule has 0 aliphatic heterocycles. The van der Waals surface area contributed by atoms with Gasteiger partial charge in [0.1, 0.15) is 0 Å². The van der Waals surface area contributed by atoms with Crippen molar-refractivity contribution in [3.05, 3.63) is 48.4 Å². The largest absolute Gasteiger partial charge is 0.468 e. The minimum Gasteiger partial charge on any atom is -0.468 e. The molecular weight excluding hydrogens is 313 g/mol. The van der Waals surface area contributed by atoms with Crippen LogP contribution in [0.4, 0.5) is 23.7 Å². The molecule has 0 saturated carbocycles. The Labute approximate surface area is 129 Å². The average molecular weight is 326 g/mol. The second-order valence-electron chi connectivity index (χ2n) is 4.42. The van der Waals surface area contributed by atoms with Gasteiger partial charge in [0.25, 0.3) is 0 Å². The number of hydrogen-bond donors (Lipinski definition) is 2. The molecule has 0 fully saturated rings. The van der Waals surface area contributed by atoms with Crippen LogP contribution in [-0.4, -0.2) is 28.8 Å². The molecule has 0 radical (unpaired) electrons. The van der Waals surface area contributed by atoms with Crippen molar-refractivity contribution in [1.82, 2.24) is 15.3 Å². The predicted molar refractivity (Wildman–Crippen MR) is 75.9 cm³/mol. The van der Waals surface area contributed by atoms with Crippen LogP contribution in [0.3, 0.4) is 0 Å². The van der Waals surface area contributed by atoms with Crippen molar-refractivity contribution >= 4 is 11.7 Å². The molecule has 0 atom stereocenters. The first-order chi connectivity index (χ1) is 10.9. The first kappa shape index (κ1) is 16.5. The summed E-state index contributed by atoms with van der Waals surface area (Å²) in [6.07, 6.45) is -1.62. The number of nitrogens with zero attached hydrogens (tertiary/aromatic N) is 2. The third-order valence-electron chi connectivity index (χ3n) is 2.53. The number of hydrogen-bond acceptors (Lipinski definition) is 4. The monoisotopic (exact) mass is 326 g/mol. The van der Waals surface area contributed by atoms with Gasteiger partial charge < -0.3 is 15.4 Å². The quantitative estimate of drug-likeness (QED) is 0.886. The van der Waals surface area contributed by atoms with Crippen LogP contribution >= 0.6 is 0 Å². The molecule has 2 heterocycles. The maximum atomic E-state index is 12.1. The fraction of sp³-hybridized carbons (Fsp3) is 0.214. The fourth-order valence-corrected chi connectivity index (χ4v) is 1.57. The molecule has 23 heavy (non-hydrogen) atoms. The lowest BCUT2D eigenvalue weighted by atomic mass is 10.3. The van der Waals surface area contributed by atoms with Crippen molar-refractivity contribution in [1.29, 1.82) is 0 Å². The minimum atomic E-state index is -4.45. The smallest absolute Gasteiger partial charge is 0.422 e. The number of rotatable bonds is 5. The Balaban J connectivity index is 1.86. The van der Waals surface area contributed by atoms with Gasteiger partial charge in [-0.15, -0.1) is 0 Å². The van der Waals surface area contributed by atoms with Crippen LogP contribution in [0.1, 0.15) is 5.69 Å². The molecule has 0 saturated heterocycles. The summed E-state index contributed by atoms with van der Waals surface area (Å²) in [5, 5.41) is 5.04. The number of aromatic nitrogens is 2. The van der Waals surface area contributed by atoms with Crippen LogP contribution in [0.2, 0.25) is 0 Å². The van der Waals surface area contributed by atoms with E-state index in [1.54, 1.807) is 24.4 Å². The van der Waals surface area contributed by atoms with Gasteiger partial charge in [-0.05, 0) is 18.2 Å². The highest BCUT2D eigenvalue weighted by Gasteiger charge is 2.28. The molecule has 0 bridgehead atoms. The number of nitrogens with one attached hydrogen (secondary N) is 2. The summed E-state index contributed by atoms with van der Waals surface area (Å²) >= 11 is 0. The van der Waals surface area contributed by atoms with Crippen LogP contribution < -0.4 is 15.4 Å². The highest BCUT2D eigenvalue weighted by molar-refractivity contribution is 5.89. The third kappa shape index (κ3) is 6.20. The summed E-state index contributed by atoms with van der Waals surface area (Å²) < 4.78 is 40.7. The summed E-state index contributed by atoms with van der Waals surface area (Å²) in [7, 11) is 0. The van der Waals surface area contributed by atoms with Crippen molar-refractivity contribution in [2.45, 2.75) is 12.7 Å². The zero-order valence-electron chi connectivity index (χ0n) is 11.8. The van der Waals surface area contributed by atoms with Gasteiger partial charge >= 0.3 is 12.2 Å². The number of alkyl halides is 3. The Hall–Kier alpha value is -2.84. The van der Waals surface area contributed by atoms with E-state index in [0.717, 1.165) is 0 Å². The lowest BCUT2D eigenvalue weighted by Gasteiger charge is -2.10. The van der Waals surface area contributed by atoms with Crippen LogP contribution in [0.15, 0.2) is 42.7 Å². The zero-order valence-corrected chi connectivity index (χ0v) is 11.8. The summed E-state index contributed by atoms with van der Waals surface area (Å²) in [5.41, 5.74) is 0.933. The summed E-state index contributed by atoms with van der Waals surface area (Å²) in [6.45, 7) is -1.23. The molecule has 2 rings (SSSR count). The van der Waals surface area contributed by atoms with Crippen LogP contribution in [0.5, 0.6) is 5.88 Å². The van der Waals surface area contributed by atoms with Gasteiger partial charge in [-0.2, -0.15) is 13.2 Å². The Morgan fingerprint density at radius 1 is 1.17 bits per heavy atom. The van der Waals surface area contributed by atoms with Gasteiger partial charge in [0.15, 0.2) is 6.61 Å². The Morgan fingerprint density at radius 3 is 2.70 bits per heavy atom. The molecule has 0 aliphatic carbocycles. The fourth-order valence-electron chi connectivity index (χ4n) is 1.57.